The maximum atomic E-state index is 13.1. The summed E-state index contributed by atoms with van der Waals surface area (Å²) < 4.78 is 0. The van der Waals surface area contributed by atoms with E-state index in [0.29, 0.717) is 5.02 Å². The number of amides is 1. The number of halogens is 1. The number of benzene rings is 3. The second-order valence-electron chi connectivity index (χ2n) is 6.02. The third-order valence-electron chi connectivity index (χ3n) is 4.44. The van der Waals surface area contributed by atoms with Crippen LogP contribution in [0.2, 0.25) is 5.02 Å². The topological polar surface area (TPSA) is 32.3 Å². The first-order valence-corrected chi connectivity index (χ1v) is 9.86. The van der Waals surface area contributed by atoms with Crippen molar-refractivity contribution in [3.05, 3.63) is 88.9 Å². The van der Waals surface area contributed by atoms with Gasteiger partial charge in [0.2, 0.25) is 0 Å². The molecule has 1 N–H and O–H groups in total. The summed E-state index contributed by atoms with van der Waals surface area (Å²) in [5.41, 5.74) is 3.49. The molecule has 3 nitrogen and oxygen atoms in total. The lowest BCUT2D eigenvalue weighted by atomic mass is 10.1. The van der Waals surface area contributed by atoms with Crippen LogP contribution in [0.15, 0.2) is 77.7 Å². The number of thioether (sulfide) groups is 1. The number of nitrogens with one attached hydrogen (secondary N) is 1. The van der Waals surface area contributed by atoms with Gasteiger partial charge in [-0.1, -0.05) is 35.9 Å². The third kappa shape index (κ3) is 3.06. The highest BCUT2D eigenvalue weighted by atomic mass is 35.5. The fourth-order valence-corrected chi connectivity index (χ4v) is 3.78. The van der Waals surface area contributed by atoms with E-state index >= 15 is 0 Å². The maximum Gasteiger partial charge on any atom is 0.260 e. The van der Waals surface area contributed by atoms with Gasteiger partial charge in [-0.15, -0.1) is 11.8 Å². The summed E-state index contributed by atoms with van der Waals surface area (Å²) in [5, 5.41) is 4.17. The molecule has 0 saturated carbocycles. The van der Waals surface area contributed by atoms with E-state index in [4.69, 9.17) is 11.6 Å². The minimum absolute atomic E-state index is 0.0126. The number of nitrogens with zero attached hydrogens (tertiary/aromatic N) is 1. The third-order valence-corrected chi connectivity index (χ3v) is 5.42. The standard InChI is InChI=1S/C21H17ClN2OS/c1-26-17-6-4-5-15(13-17)23-20-18-7-2-3-8-19(18)21(25)24(20)16-11-9-14(22)10-12-16/h2-13,20,23H,1H3/t20-/m0/s1. The van der Waals surface area contributed by atoms with Gasteiger partial charge in [-0.25, -0.2) is 0 Å². The zero-order valence-corrected chi connectivity index (χ0v) is 15.7. The van der Waals surface area contributed by atoms with Crippen LogP contribution >= 0.6 is 23.4 Å². The van der Waals surface area contributed by atoms with Crippen LogP contribution in [0, 0.1) is 0 Å². The Hall–Kier alpha value is -2.43. The summed E-state index contributed by atoms with van der Waals surface area (Å²) >= 11 is 7.71. The van der Waals surface area contributed by atoms with E-state index in [1.54, 1.807) is 28.8 Å². The van der Waals surface area contributed by atoms with Gasteiger partial charge in [-0.05, 0) is 54.8 Å². The lowest BCUT2D eigenvalue weighted by Crippen LogP contribution is -2.32. The molecule has 1 atom stereocenters. The summed E-state index contributed by atoms with van der Waals surface area (Å²) in [7, 11) is 0. The van der Waals surface area contributed by atoms with Crippen molar-refractivity contribution in [3.8, 4) is 0 Å². The largest absolute Gasteiger partial charge is 0.361 e. The molecule has 1 heterocycles. The summed E-state index contributed by atoms with van der Waals surface area (Å²) in [6.45, 7) is 0. The highest BCUT2D eigenvalue weighted by Gasteiger charge is 2.37. The molecular weight excluding hydrogens is 364 g/mol. The molecule has 130 valence electrons. The molecule has 0 fully saturated rings. The first kappa shape index (κ1) is 17.0. The summed E-state index contributed by atoms with van der Waals surface area (Å²) in [5.74, 6) is -0.0126. The average Bonchev–Trinajstić information content (AvgIpc) is 2.95. The van der Waals surface area contributed by atoms with Crippen molar-refractivity contribution in [1.29, 1.82) is 0 Å². The number of carbonyl (C=O) groups is 1. The van der Waals surface area contributed by atoms with Gasteiger partial charge >= 0.3 is 0 Å². The minimum Gasteiger partial charge on any atom is -0.361 e. The molecule has 0 radical (unpaired) electrons. The van der Waals surface area contributed by atoms with E-state index < -0.39 is 0 Å². The molecule has 1 amide bonds. The summed E-state index contributed by atoms with van der Waals surface area (Å²) in [4.78, 5) is 16.0. The summed E-state index contributed by atoms with van der Waals surface area (Å²) in [6, 6.07) is 23.3. The van der Waals surface area contributed by atoms with Crippen molar-refractivity contribution >= 4 is 40.6 Å². The molecule has 0 bridgehead atoms. The normalized spacial score (nSPS) is 15.8. The van der Waals surface area contributed by atoms with E-state index in [1.165, 1.54) is 4.90 Å². The second kappa shape index (κ2) is 7.06. The maximum absolute atomic E-state index is 13.1. The molecule has 3 aromatic carbocycles. The predicted molar refractivity (Wildman–Crippen MR) is 109 cm³/mol. The van der Waals surface area contributed by atoms with Crippen LogP contribution in [0.3, 0.4) is 0 Å². The monoisotopic (exact) mass is 380 g/mol. The highest BCUT2D eigenvalue weighted by molar-refractivity contribution is 7.98. The smallest absolute Gasteiger partial charge is 0.260 e. The van der Waals surface area contributed by atoms with Gasteiger partial charge in [-0.2, -0.15) is 0 Å². The fraction of sp³-hybridized carbons (Fsp3) is 0.0952. The van der Waals surface area contributed by atoms with E-state index in [-0.39, 0.29) is 12.1 Å². The van der Waals surface area contributed by atoms with Gasteiger partial charge in [0.05, 0.1) is 0 Å². The molecular formula is C21H17ClN2OS. The Morgan fingerprint density at radius 2 is 1.77 bits per heavy atom. The Balaban J connectivity index is 1.76. The van der Waals surface area contributed by atoms with Gasteiger partial charge in [0, 0.05) is 32.4 Å². The van der Waals surface area contributed by atoms with Crippen LogP contribution in [0.4, 0.5) is 11.4 Å². The highest BCUT2D eigenvalue weighted by Crippen LogP contribution is 2.38. The van der Waals surface area contributed by atoms with Crippen LogP contribution in [0.5, 0.6) is 0 Å². The molecule has 26 heavy (non-hydrogen) atoms. The van der Waals surface area contributed by atoms with Gasteiger partial charge in [-0.3, -0.25) is 9.69 Å². The fourth-order valence-electron chi connectivity index (χ4n) is 3.20. The van der Waals surface area contributed by atoms with Crippen molar-refractivity contribution in [2.24, 2.45) is 0 Å². The molecule has 3 aromatic rings. The number of carbonyl (C=O) groups excluding carboxylic acids is 1. The average molecular weight is 381 g/mol. The van der Waals surface area contributed by atoms with E-state index in [2.05, 4.69) is 17.4 Å². The second-order valence-corrected chi connectivity index (χ2v) is 7.33. The van der Waals surface area contributed by atoms with Crippen molar-refractivity contribution in [2.75, 3.05) is 16.5 Å². The molecule has 0 aliphatic carbocycles. The van der Waals surface area contributed by atoms with Gasteiger partial charge in [0.15, 0.2) is 0 Å². The Labute approximate surface area is 162 Å². The van der Waals surface area contributed by atoms with E-state index in [0.717, 1.165) is 22.5 Å². The SMILES string of the molecule is CSc1cccc(N[C@@H]2c3ccccc3C(=O)N2c2ccc(Cl)cc2)c1. The number of fused-ring (bicyclic) bond motifs is 1. The van der Waals surface area contributed by atoms with Crippen molar-refractivity contribution in [3.63, 3.8) is 0 Å². The molecule has 0 saturated heterocycles. The number of anilines is 2. The first-order chi connectivity index (χ1) is 12.7. The van der Waals surface area contributed by atoms with Crippen LogP contribution in [-0.4, -0.2) is 12.2 Å². The van der Waals surface area contributed by atoms with Gasteiger partial charge in [0.1, 0.15) is 6.17 Å². The van der Waals surface area contributed by atoms with Crippen LogP contribution in [-0.2, 0) is 0 Å². The van der Waals surface area contributed by atoms with Crippen LogP contribution in [0.1, 0.15) is 22.1 Å². The minimum atomic E-state index is -0.267. The van der Waals surface area contributed by atoms with E-state index in [9.17, 15) is 4.79 Å². The van der Waals surface area contributed by atoms with Crippen LogP contribution < -0.4 is 10.2 Å². The molecule has 1 aliphatic heterocycles. The lowest BCUT2D eigenvalue weighted by molar-refractivity contribution is 0.0993. The van der Waals surface area contributed by atoms with Gasteiger partial charge < -0.3 is 5.32 Å². The quantitative estimate of drug-likeness (QED) is 0.577. The van der Waals surface area contributed by atoms with Crippen molar-refractivity contribution in [2.45, 2.75) is 11.1 Å². The zero-order chi connectivity index (χ0) is 18.1. The Morgan fingerprint density at radius 3 is 2.54 bits per heavy atom. The molecule has 0 aromatic heterocycles. The van der Waals surface area contributed by atoms with Crippen molar-refractivity contribution < 1.29 is 4.79 Å². The molecule has 0 spiro atoms. The van der Waals surface area contributed by atoms with Crippen molar-refractivity contribution in [1.82, 2.24) is 0 Å². The molecule has 5 heteroatoms. The molecule has 1 aliphatic rings. The Bertz CT molecular complexity index is 958. The van der Waals surface area contributed by atoms with E-state index in [1.807, 2.05) is 54.8 Å². The molecule has 4 rings (SSSR count). The number of hydrogen-bond acceptors (Lipinski definition) is 3. The summed E-state index contributed by atoms with van der Waals surface area (Å²) in [6.07, 6.45) is 1.78. The predicted octanol–water partition coefficient (Wildman–Crippen LogP) is 5.83. The zero-order valence-electron chi connectivity index (χ0n) is 14.1. The Morgan fingerprint density at radius 1 is 1.00 bits per heavy atom. The van der Waals surface area contributed by atoms with Crippen LogP contribution in [0.25, 0.3) is 0 Å². The Kier molecular flexibility index (Phi) is 4.62. The molecule has 0 unspecified atom stereocenters. The van der Waals surface area contributed by atoms with Gasteiger partial charge in [0.25, 0.3) is 5.91 Å². The lowest BCUT2D eigenvalue weighted by Gasteiger charge is -2.27. The first-order valence-electron chi connectivity index (χ1n) is 8.26. The number of rotatable bonds is 4. The number of hydrogen-bond donors (Lipinski definition) is 1.